The largest absolute Gasteiger partial charge is 0.341 e. The SMILES string of the molecule is CSC1CCN(C(=O)C2(C#N)CCCCC2)CC1. The van der Waals surface area contributed by atoms with Gasteiger partial charge in [0, 0.05) is 18.3 Å². The predicted octanol–water partition coefficient (Wildman–Crippen LogP) is 2.81. The summed E-state index contributed by atoms with van der Waals surface area (Å²) in [5.74, 6) is 0.115. The van der Waals surface area contributed by atoms with E-state index in [0.717, 1.165) is 51.6 Å². The summed E-state index contributed by atoms with van der Waals surface area (Å²) in [6.45, 7) is 1.68. The molecule has 1 amide bonds. The first-order chi connectivity index (χ1) is 8.72. The van der Waals surface area contributed by atoms with E-state index in [2.05, 4.69) is 12.3 Å². The molecule has 1 aliphatic heterocycles. The third-order valence-electron chi connectivity index (χ3n) is 4.39. The topological polar surface area (TPSA) is 44.1 Å². The summed E-state index contributed by atoms with van der Waals surface area (Å²) >= 11 is 1.90. The first-order valence-electron chi connectivity index (χ1n) is 6.95. The van der Waals surface area contributed by atoms with E-state index < -0.39 is 5.41 Å². The van der Waals surface area contributed by atoms with Gasteiger partial charge in [0.15, 0.2) is 0 Å². The summed E-state index contributed by atoms with van der Waals surface area (Å²) in [4.78, 5) is 14.5. The van der Waals surface area contributed by atoms with Crippen LogP contribution in [0, 0.1) is 16.7 Å². The molecule has 0 unspecified atom stereocenters. The van der Waals surface area contributed by atoms with Crippen LogP contribution < -0.4 is 0 Å². The molecular weight excluding hydrogens is 244 g/mol. The van der Waals surface area contributed by atoms with Crippen LogP contribution in [0.2, 0.25) is 0 Å². The fourth-order valence-electron chi connectivity index (χ4n) is 3.13. The molecule has 0 spiro atoms. The Kier molecular flexibility index (Phi) is 4.55. The predicted molar refractivity (Wildman–Crippen MR) is 74.2 cm³/mol. The number of likely N-dealkylation sites (tertiary alicyclic amines) is 1. The molecule has 1 aliphatic carbocycles. The monoisotopic (exact) mass is 266 g/mol. The summed E-state index contributed by atoms with van der Waals surface area (Å²) in [5, 5.41) is 10.1. The third kappa shape index (κ3) is 2.66. The minimum absolute atomic E-state index is 0.115. The van der Waals surface area contributed by atoms with Crippen molar-refractivity contribution in [2.45, 2.75) is 50.2 Å². The van der Waals surface area contributed by atoms with Crippen molar-refractivity contribution in [1.82, 2.24) is 4.90 Å². The lowest BCUT2D eigenvalue weighted by Gasteiger charge is -2.38. The van der Waals surface area contributed by atoms with E-state index in [1.807, 2.05) is 16.7 Å². The summed E-state index contributed by atoms with van der Waals surface area (Å²) in [5.41, 5.74) is -0.690. The molecule has 2 rings (SSSR count). The molecule has 18 heavy (non-hydrogen) atoms. The Balaban J connectivity index is 2.00. The Labute approximate surface area is 114 Å². The molecule has 1 saturated heterocycles. The average molecular weight is 266 g/mol. The maximum atomic E-state index is 12.6. The first kappa shape index (κ1) is 13.7. The molecule has 3 nitrogen and oxygen atoms in total. The lowest BCUT2D eigenvalue weighted by molar-refractivity contribution is -0.141. The number of nitriles is 1. The highest BCUT2D eigenvalue weighted by molar-refractivity contribution is 7.99. The zero-order valence-electron chi connectivity index (χ0n) is 11.2. The van der Waals surface area contributed by atoms with Crippen LogP contribution in [0.25, 0.3) is 0 Å². The van der Waals surface area contributed by atoms with E-state index in [1.54, 1.807) is 0 Å². The van der Waals surface area contributed by atoms with Crippen molar-refractivity contribution in [3.05, 3.63) is 0 Å². The van der Waals surface area contributed by atoms with Crippen molar-refractivity contribution in [3.63, 3.8) is 0 Å². The smallest absolute Gasteiger partial charge is 0.243 e. The fraction of sp³-hybridized carbons (Fsp3) is 0.857. The second-order valence-corrected chi connectivity index (χ2v) is 6.62. The average Bonchev–Trinajstić information content (AvgIpc) is 2.47. The van der Waals surface area contributed by atoms with Crippen LogP contribution in [-0.2, 0) is 4.79 Å². The number of rotatable bonds is 2. The Hall–Kier alpha value is -0.690. The molecule has 2 aliphatic rings. The second kappa shape index (κ2) is 5.97. The summed E-state index contributed by atoms with van der Waals surface area (Å²) in [6.07, 6.45) is 9.06. The van der Waals surface area contributed by atoms with Crippen LogP contribution in [0.4, 0.5) is 0 Å². The van der Waals surface area contributed by atoms with Gasteiger partial charge in [0.1, 0.15) is 5.41 Å². The van der Waals surface area contributed by atoms with Crippen LogP contribution in [0.15, 0.2) is 0 Å². The van der Waals surface area contributed by atoms with Gasteiger partial charge in [0.2, 0.25) is 5.91 Å². The van der Waals surface area contributed by atoms with Crippen molar-refractivity contribution in [3.8, 4) is 6.07 Å². The first-order valence-corrected chi connectivity index (χ1v) is 8.24. The number of carbonyl (C=O) groups is 1. The highest BCUT2D eigenvalue weighted by atomic mass is 32.2. The highest BCUT2D eigenvalue weighted by Crippen LogP contribution is 2.38. The Morgan fingerprint density at radius 3 is 2.39 bits per heavy atom. The maximum Gasteiger partial charge on any atom is 0.243 e. The van der Waals surface area contributed by atoms with E-state index in [1.165, 1.54) is 6.42 Å². The Bertz CT molecular complexity index is 336. The Morgan fingerprint density at radius 2 is 1.89 bits per heavy atom. The van der Waals surface area contributed by atoms with Gasteiger partial charge < -0.3 is 4.90 Å². The fourth-order valence-corrected chi connectivity index (χ4v) is 3.81. The van der Waals surface area contributed by atoms with Crippen LogP contribution in [0.3, 0.4) is 0 Å². The summed E-state index contributed by atoms with van der Waals surface area (Å²) < 4.78 is 0. The highest BCUT2D eigenvalue weighted by Gasteiger charge is 2.43. The number of piperidine rings is 1. The molecule has 0 aromatic heterocycles. The molecule has 100 valence electrons. The molecule has 2 fully saturated rings. The normalized spacial score (nSPS) is 24.6. The molecule has 0 aromatic rings. The lowest BCUT2D eigenvalue weighted by Crippen LogP contribution is -2.48. The van der Waals surface area contributed by atoms with Gasteiger partial charge in [0.25, 0.3) is 0 Å². The molecule has 0 radical (unpaired) electrons. The minimum Gasteiger partial charge on any atom is -0.341 e. The van der Waals surface area contributed by atoms with Gasteiger partial charge >= 0.3 is 0 Å². The standard InChI is InChI=1S/C14H22N2OS/c1-18-12-5-9-16(10-6-12)13(17)14(11-15)7-3-2-4-8-14/h12H,2-10H2,1H3. The van der Waals surface area contributed by atoms with Gasteiger partial charge in [-0.2, -0.15) is 17.0 Å². The van der Waals surface area contributed by atoms with E-state index >= 15 is 0 Å². The quantitative estimate of drug-likeness (QED) is 0.772. The number of hydrogen-bond acceptors (Lipinski definition) is 3. The van der Waals surface area contributed by atoms with Crippen LogP contribution in [0.1, 0.15) is 44.9 Å². The number of carbonyl (C=O) groups excluding carboxylic acids is 1. The summed E-state index contributed by atoms with van der Waals surface area (Å²) in [6, 6.07) is 2.34. The maximum absolute atomic E-state index is 12.6. The van der Waals surface area contributed by atoms with E-state index in [0.29, 0.717) is 5.25 Å². The van der Waals surface area contributed by atoms with Crippen molar-refractivity contribution >= 4 is 17.7 Å². The molecule has 0 N–H and O–H groups in total. The van der Waals surface area contributed by atoms with Gasteiger partial charge in [0.05, 0.1) is 6.07 Å². The molecule has 1 heterocycles. The Morgan fingerprint density at radius 1 is 1.28 bits per heavy atom. The van der Waals surface area contributed by atoms with E-state index in [9.17, 15) is 10.1 Å². The number of nitrogens with zero attached hydrogens (tertiary/aromatic N) is 2. The number of hydrogen-bond donors (Lipinski definition) is 0. The van der Waals surface area contributed by atoms with Gasteiger partial charge in [-0.25, -0.2) is 0 Å². The minimum atomic E-state index is -0.690. The molecule has 0 aromatic carbocycles. The van der Waals surface area contributed by atoms with Gasteiger partial charge in [-0.15, -0.1) is 0 Å². The van der Waals surface area contributed by atoms with Crippen molar-refractivity contribution in [2.75, 3.05) is 19.3 Å². The molecule has 0 atom stereocenters. The van der Waals surface area contributed by atoms with Crippen LogP contribution in [-0.4, -0.2) is 35.4 Å². The second-order valence-electron chi connectivity index (χ2n) is 5.48. The molecule has 4 heteroatoms. The zero-order valence-corrected chi connectivity index (χ0v) is 12.0. The van der Waals surface area contributed by atoms with Crippen LogP contribution in [0.5, 0.6) is 0 Å². The molecule has 0 bridgehead atoms. The van der Waals surface area contributed by atoms with Crippen LogP contribution >= 0.6 is 11.8 Å². The number of amides is 1. The van der Waals surface area contributed by atoms with Crippen molar-refractivity contribution < 1.29 is 4.79 Å². The summed E-state index contributed by atoms with van der Waals surface area (Å²) in [7, 11) is 0. The molecule has 1 saturated carbocycles. The van der Waals surface area contributed by atoms with Gasteiger partial charge in [-0.05, 0) is 31.9 Å². The van der Waals surface area contributed by atoms with Gasteiger partial charge in [-0.3, -0.25) is 4.79 Å². The van der Waals surface area contributed by atoms with E-state index in [-0.39, 0.29) is 5.91 Å². The lowest BCUT2D eigenvalue weighted by atomic mass is 9.74. The van der Waals surface area contributed by atoms with Gasteiger partial charge in [-0.1, -0.05) is 19.3 Å². The zero-order chi connectivity index (χ0) is 13.0. The third-order valence-corrected chi connectivity index (χ3v) is 5.53. The number of thioether (sulfide) groups is 1. The van der Waals surface area contributed by atoms with E-state index in [4.69, 9.17) is 0 Å². The molecular formula is C14H22N2OS. The van der Waals surface area contributed by atoms with Crippen molar-refractivity contribution in [1.29, 1.82) is 5.26 Å². The van der Waals surface area contributed by atoms with Crippen molar-refractivity contribution in [2.24, 2.45) is 5.41 Å².